The van der Waals surface area contributed by atoms with Crippen LogP contribution >= 0.6 is 0 Å². The van der Waals surface area contributed by atoms with E-state index in [1.165, 1.54) is 0 Å². The zero-order valence-corrected chi connectivity index (χ0v) is 12.6. The highest BCUT2D eigenvalue weighted by molar-refractivity contribution is 5.76. The number of carbonyl (C=O) groups is 1. The molecule has 1 aromatic heterocycles. The van der Waals surface area contributed by atoms with Crippen LogP contribution < -0.4 is 5.56 Å². The maximum Gasteiger partial charge on any atom is 0.312 e. The first kappa shape index (κ1) is 14.9. The zero-order chi connectivity index (χ0) is 16.2. The maximum atomic E-state index is 12.2. The highest BCUT2D eigenvalue weighted by Gasteiger charge is 2.09. The standard InChI is InChI=1S/C17H15N3O3/c1-12-6-2-3-7-13(12)10-16(21)23-11-20-17(22)14-8-4-5-9-15(14)18-19-20/h2-9H,10-11H2,1H3. The van der Waals surface area contributed by atoms with Crippen molar-refractivity contribution in [3.63, 3.8) is 0 Å². The van der Waals surface area contributed by atoms with Gasteiger partial charge in [0, 0.05) is 0 Å². The Kier molecular flexibility index (Phi) is 4.14. The van der Waals surface area contributed by atoms with Crippen LogP contribution in [0.3, 0.4) is 0 Å². The Morgan fingerprint density at radius 3 is 2.70 bits per heavy atom. The lowest BCUT2D eigenvalue weighted by Crippen LogP contribution is -2.27. The Morgan fingerprint density at radius 1 is 1.13 bits per heavy atom. The number of hydrogen-bond donors (Lipinski definition) is 0. The van der Waals surface area contributed by atoms with Crippen molar-refractivity contribution >= 4 is 16.9 Å². The van der Waals surface area contributed by atoms with Gasteiger partial charge >= 0.3 is 5.97 Å². The van der Waals surface area contributed by atoms with Crippen molar-refractivity contribution < 1.29 is 9.53 Å². The molecule has 0 aliphatic carbocycles. The van der Waals surface area contributed by atoms with E-state index in [1.807, 2.05) is 31.2 Å². The van der Waals surface area contributed by atoms with Crippen molar-refractivity contribution in [3.8, 4) is 0 Å². The lowest BCUT2D eigenvalue weighted by Gasteiger charge is -2.08. The molecule has 0 spiro atoms. The number of carbonyl (C=O) groups excluding carboxylic acids is 1. The minimum atomic E-state index is -0.416. The average Bonchev–Trinajstić information content (AvgIpc) is 2.57. The van der Waals surface area contributed by atoms with Crippen LogP contribution in [0.15, 0.2) is 53.3 Å². The summed E-state index contributed by atoms with van der Waals surface area (Å²) in [5, 5.41) is 8.16. The molecule has 1 heterocycles. The minimum Gasteiger partial charge on any atom is -0.442 e. The van der Waals surface area contributed by atoms with E-state index in [4.69, 9.17) is 4.74 Å². The number of fused-ring (bicyclic) bond motifs is 1. The third kappa shape index (κ3) is 3.26. The molecule has 0 atom stereocenters. The molecule has 6 nitrogen and oxygen atoms in total. The SMILES string of the molecule is Cc1ccccc1CC(=O)OCn1nnc2ccccc2c1=O. The molecule has 0 aliphatic rings. The van der Waals surface area contributed by atoms with Crippen LogP contribution in [0, 0.1) is 6.92 Å². The van der Waals surface area contributed by atoms with Crippen LogP contribution in [0.25, 0.3) is 10.9 Å². The predicted octanol–water partition coefficient (Wildman–Crippen LogP) is 1.84. The van der Waals surface area contributed by atoms with Crippen molar-refractivity contribution in [2.45, 2.75) is 20.1 Å². The summed E-state index contributed by atoms with van der Waals surface area (Å²) in [6.45, 7) is 1.68. The topological polar surface area (TPSA) is 74.1 Å². The Balaban J connectivity index is 1.71. The minimum absolute atomic E-state index is 0.155. The molecule has 0 fully saturated rings. The van der Waals surface area contributed by atoms with Gasteiger partial charge in [-0.15, -0.1) is 5.10 Å². The molecule has 0 amide bonds. The smallest absolute Gasteiger partial charge is 0.312 e. The number of aromatic nitrogens is 3. The summed E-state index contributed by atoms with van der Waals surface area (Å²) < 4.78 is 6.18. The summed E-state index contributed by atoms with van der Waals surface area (Å²) in [6, 6.07) is 14.5. The summed E-state index contributed by atoms with van der Waals surface area (Å²) in [6.07, 6.45) is 0.155. The van der Waals surface area contributed by atoms with Gasteiger partial charge in [-0.25, -0.2) is 0 Å². The van der Waals surface area contributed by atoms with Crippen LogP contribution in [0.2, 0.25) is 0 Å². The number of hydrogen-bond acceptors (Lipinski definition) is 5. The molecule has 3 rings (SSSR count). The van der Waals surface area contributed by atoms with Gasteiger partial charge in [-0.1, -0.05) is 41.6 Å². The van der Waals surface area contributed by atoms with Crippen molar-refractivity contribution in [3.05, 3.63) is 70.0 Å². The van der Waals surface area contributed by atoms with Gasteiger partial charge in [0.25, 0.3) is 5.56 Å². The van der Waals surface area contributed by atoms with Crippen molar-refractivity contribution in [1.82, 2.24) is 15.0 Å². The van der Waals surface area contributed by atoms with E-state index in [-0.39, 0.29) is 18.7 Å². The molecule has 6 heteroatoms. The normalized spacial score (nSPS) is 10.7. The Hall–Kier alpha value is -3.02. The second kappa shape index (κ2) is 6.39. The second-order valence-electron chi connectivity index (χ2n) is 5.16. The third-order valence-corrected chi connectivity index (χ3v) is 3.57. The summed E-state index contributed by atoms with van der Waals surface area (Å²) in [7, 11) is 0. The number of esters is 1. The molecule has 0 aliphatic heterocycles. The Bertz CT molecular complexity index is 918. The molecule has 0 bridgehead atoms. The van der Waals surface area contributed by atoms with Gasteiger partial charge in [0.2, 0.25) is 0 Å². The lowest BCUT2D eigenvalue weighted by atomic mass is 10.1. The van der Waals surface area contributed by atoms with Crippen LogP contribution in [-0.2, 0) is 22.7 Å². The summed E-state index contributed by atoms with van der Waals surface area (Å²) in [5.41, 5.74) is 2.10. The highest BCUT2D eigenvalue weighted by atomic mass is 16.5. The van der Waals surface area contributed by atoms with Crippen LogP contribution in [0.1, 0.15) is 11.1 Å². The van der Waals surface area contributed by atoms with E-state index >= 15 is 0 Å². The van der Waals surface area contributed by atoms with Gasteiger partial charge in [-0.2, -0.15) is 4.68 Å². The molecule has 3 aromatic rings. The fraction of sp³-hybridized carbons (Fsp3) is 0.176. The molecule has 0 saturated carbocycles. The second-order valence-corrected chi connectivity index (χ2v) is 5.16. The molecule has 23 heavy (non-hydrogen) atoms. The first-order valence-corrected chi connectivity index (χ1v) is 7.18. The molecule has 0 saturated heterocycles. The number of aryl methyl sites for hydroxylation is 1. The average molecular weight is 309 g/mol. The van der Waals surface area contributed by atoms with Crippen LogP contribution in [0.4, 0.5) is 0 Å². The summed E-state index contributed by atoms with van der Waals surface area (Å²) in [5.74, 6) is -0.416. The quantitative estimate of drug-likeness (QED) is 0.688. The molecular formula is C17H15N3O3. The van der Waals surface area contributed by atoms with E-state index in [0.29, 0.717) is 10.9 Å². The van der Waals surface area contributed by atoms with E-state index < -0.39 is 5.97 Å². The van der Waals surface area contributed by atoms with Crippen molar-refractivity contribution in [1.29, 1.82) is 0 Å². The van der Waals surface area contributed by atoms with Crippen molar-refractivity contribution in [2.24, 2.45) is 0 Å². The van der Waals surface area contributed by atoms with Gasteiger partial charge in [-0.05, 0) is 30.2 Å². The Labute approximate surface area is 132 Å². The van der Waals surface area contributed by atoms with Crippen molar-refractivity contribution in [2.75, 3.05) is 0 Å². The van der Waals surface area contributed by atoms with Crippen LogP contribution in [-0.4, -0.2) is 21.0 Å². The maximum absolute atomic E-state index is 12.2. The fourth-order valence-corrected chi connectivity index (χ4v) is 2.26. The van der Waals surface area contributed by atoms with Gasteiger partial charge in [0.1, 0.15) is 5.52 Å². The Morgan fingerprint density at radius 2 is 1.87 bits per heavy atom. The van der Waals surface area contributed by atoms with E-state index in [9.17, 15) is 9.59 Å². The lowest BCUT2D eigenvalue weighted by molar-refractivity contribution is -0.147. The number of rotatable bonds is 4. The summed E-state index contributed by atoms with van der Waals surface area (Å²) >= 11 is 0. The predicted molar refractivity (Wildman–Crippen MR) is 84.8 cm³/mol. The largest absolute Gasteiger partial charge is 0.442 e. The first-order valence-electron chi connectivity index (χ1n) is 7.18. The highest BCUT2D eigenvalue weighted by Crippen LogP contribution is 2.08. The first-order chi connectivity index (χ1) is 11.1. The number of benzene rings is 2. The molecule has 0 N–H and O–H groups in total. The molecule has 0 radical (unpaired) electrons. The molecule has 116 valence electrons. The van der Waals surface area contributed by atoms with E-state index in [2.05, 4.69) is 10.3 Å². The molecule has 0 unspecified atom stereocenters. The van der Waals surface area contributed by atoms with Gasteiger partial charge in [0.05, 0.1) is 11.8 Å². The van der Waals surface area contributed by atoms with E-state index in [1.54, 1.807) is 24.3 Å². The van der Waals surface area contributed by atoms with Gasteiger partial charge < -0.3 is 4.74 Å². The van der Waals surface area contributed by atoms with Gasteiger partial charge in [0.15, 0.2) is 6.73 Å². The fourth-order valence-electron chi connectivity index (χ4n) is 2.26. The molecule has 2 aromatic carbocycles. The zero-order valence-electron chi connectivity index (χ0n) is 12.6. The third-order valence-electron chi connectivity index (χ3n) is 3.57. The van der Waals surface area contributed by atoms with Gasteiger partial charge in [-0.3, -0.25) is 9.59 Å². The molecular weight excluding hydrogens is 294 g/mol. The van der Waals surface area contributed by atoms with Crippen LogP contribution in [0.5, 0.6) is 0 Å². The summed E-state index contributed by atoms with van der Waals surface area (Å²) in [4.78, 5) is 24.1. The number of ether oxygens (including phenoxy) is 1. The number of nitrogens with zero attached hydrogens (tertiary/aromatic N) is 3. The van der Waals surface area contributed by atoms with E-state index in [0.717, 1.165) is 15.8 Å². The monoisotopic (exact) mass is 309 g/mol.